The first-order valence-corrected chi connectivity index (χ1v) is 11.8. The molecule has 0 spiro atoms. The molecule has 0 heterocycles. The van der Waals surface area contributed by atoms with Crippen LogP contribution in [0.2, 0.25) is 19.6 Å². The summed E-state index contributed by atoms with van der Waals surface area (Å²) in [5.74, 6) is 4.21. The second kappa shape index (κ2) is 8.11. The third-order valence-electron chi connectivity index (χ3n) is 3.73. The molecule has 0 aliphatic carbocycles. The second-order valence-corrected chi connectivity index (χ2v) is 11.5. The Labute approximate surface area is 156 Å². The predicted octanol–water partition coefficient (Wildman–Crippen LogP) is 4.39. The van der Waals surface area contributed by atoms with E-state index in [0.29, 0.717) is 17.1 Å². The highest BCUT2D eigenvalue weighted by Crippen LogP contribution is 2.37. The molecular weight excluding hydrogens is 344 g/mol. The van der Waals surface area contributed by atoms with Crippen LogP contribution in [0.5, 0.6) is 11.5 Å². The molecule has 2 rings (SSSR count). The minimum Gasteiger partial charge on any atom is -0.493 e. The number of carbonyl (C=O) groups excluding carboxylic acids is 1. The molecule has 0 bridgehead atoms. The molecule has 0 aromatic heterocycles. The number of rotatable bonds is 4. The molecule has 0 aliphatic heterocycles. The summed E-state index contributed by atoms with van der Waals surface area (Å²) in [6.07, 6.45) is 0. The summed E-state index contributed by atoms with van der Waals surface area (Å²) in [4.78, 5) is 11.6. The maximum atomic E-state index is 11.6. The third kappa shape index (κ3) is 4.47. The Bertz CT molecular complexity index is 853. The molecule has 0 atom stereocenters. The predicted molar refractivity (Wildman–Crippen MR) is 107 cm³/mol. The van der Waals surface area contributed by atoms with Crippen LogP contribution in [0, 0.1) is 11.5 Å². The zero-order chi connectivity index (χ0) is 19.3. The second-order valence-electron chi connectivity index (χ2n) is 6.79. The topological polar surface area (TPSA) is 44.8 Å². The summed E-state index contributed by atoms with van der Waals surface area (Å²) >= 11 is 0. The summed E-state index contributed by atoms with van der Waals surface area (Å²) < 4.78 is 15.8. The Morgan fingerprint density at radius 3 is 2.08 bits per heavy atom. The summed E-state index contributed by atoms with van der Waals surface area (Å²) in [7, 11) is 3.02. The van der Waals surface area contributed by atoms with Gasteiger partial charge in [0.15, 0.2) is 11.5 Å². The highest BCUT2D eigenvalue weighted by Gasteiger charge is 2.16. The first-order chi connectivity index (χ1) is 12.3. The molecule has 0 aliphatic rings. The van der Waals surface area contributed by atoms with Crippen molar-refractivity contribution in [1.29, 1.82) is 0 Å². The Morgan fingerprint density at radius 1 is 0.923 bits per heavy atom. The largest absolute Gasteiger partial charge is 0.493 e. The monoisotopic (exact) mass is 368 g/mol. The molecule has 4 nitrogen and oxygen atoms in total. The van der Waals surface area contributed by atoms with E-state index in [4.69, 9.17) is 14.2 Å². The first kappa shape index (κ1) is 19.6. The van der Waals surface area contributed by atoms with Gasteiger partial charge < -0.3 is 14.2 Å². The highest BCUT2D eigenvalue weighted by atomic mass is 28.3. The molecule has 0 N–H and O–H groups in total. The van der Waals surface area contributed by atoms with Crippen molar-refractivity contribution in [2.45, 2.75) is 19.6 Å². The van der Waals surface area contributed by atoms with Gasteiger partial charge in [-0.3, -0.25) is 0 Å². The SMILES string of the molecule is COC(=O)c1ccc(-c2ccc(OC)c(OC)c2C#C[Si](C)(C)C)cc1. The van der Waals surface area contributed by atoms with Crippen molar-refractivity contribution < 1.29 is 19.0 Å². The molecule has 2 aromatic carbocycles. The van der Waals surface area contributed by atoms with Crippen molar-refractivity contribution in [3.8, 4) is 34.1 Å². The number of ether oxygens (including phenoxy) is 3. The van der Waals surface area contributed by atoms with Gasteiger partial charge in [0.1, 0.15) is 8.07 Å². The van der Waals surface area contributed by atoms with E-state index < -0.39 is 8.07 Å². The quantitative estimate of drug-likeness (QED) is 0.456. The lowest BCUT2D eigenvalue weighted by molar-refractivity contribution is 0.0601. The van der Waals surface area contributed by atoms with Gasteiger partial charge in [-0.2, -0.15) is 0 Å². The number of hydrogen-bond donors (Lipinski definition) is 0. The number of methoxy groups -OCH3 is 3. The highest BCUT2D eigenvalue weighted by molar-refractivity contribution is 6.83. The number of benzene rings is 2. The standard InChI is InChI=1S/C21H24O4Si/c1-23-19-12-11-17(15-7-9-16(10-8-15)21(22)25-3)18(20(19)24-2)13-14-26(4,5)6/h7-12H,1-6H3. The summed E-state index contributed by atoms with van der Waals surface area (Å²) in [6, 6.07) is 11.1. The lowest BCUT2D eigenvalue weighted by atomic mass is 9.97. The van der Waals surface area contributed by atoms with Gasteiger partial charge in [-0.1, -0.05) is 37.7 Å². The van der Waals surface area contributed by atoms with E-state index in [1.165, 1.54) is 7.11 Å². The molecule has 0 saturated heterocycles. The van der Waals surface area contributed by atoms with E-state index >= 15 is 0 Å². The van der Waals surface area contributed by atoms with E-state index in [0.717, 1.165) is 16.7 Å². The lowest BCUT2D eigenvalue weighted by Gasteiger charge is -2.14. The first-order valence-electron chi connectivity index (χ1n) is 8.27. The van der Waals surface area contributed by atoms with Crippen molar-refractivity contribution in [2.24, 2.45) is 0 Å². The van der Waals surface area contributed by atoms with Crippen molar-refractivity contribution in [3.05, 3.63) is 47.5 Å². The van der Waals surface area contributed by atoms with Gasteiger partial charge in [0.05, 0.1) is 32.5 Å². The van der Waals surface area contributed by atoms with E-state index in [1.54, 1.807) is 26.4 Å². The fourth-order valence-corrected chi connectivity index (χ4v) is 2.95. The molecule has 0 radical (unpaired) electrons. The maximum Gasteiger partial charge on any atom is 0.337 e. The summed E-state index contributed by atoms with van der Waals surface area (Å²) in [5, 5.41) is 0. The minimum atomic E-state index is -1.57. The van der Waals surface area contributed by atoms with Crippen LogP contribution in [0.3, 0.4) is 0 Å². The van der Waals surface area contributed by atoms with Gasteiger partial charge in [0.25, 0.3) is 0 Å². The van der Waals surface area contributed by atoms with Crippen molar-refractivity contribution in [3.63, 3.8) is 0 Å². The molecule has 5 heteroatoms. The lowest BCUT2D eigenvalue weighted by Crippen LogP contribution is -2.16. The van der Waals surface area contributed by atoms with E-state index in [2.05, 4.69) is 31.1 Å². The van der Waals surface area contributed by atoms with E-state index in [-0.39, 0.29) is 5.97 Å². The Kier molecular flexibility index (Phi) is 6.12. The van der Waals surface area contributed by atoms with Crippen LogP contribution >= 0.6 is 0 Å². The average molecular weight is 369 g/mol. The van der Waals surface area contributed by atoms with Crippen molar-refractivity contribution in [1.82, 2.24) is 0 Å². The Morgan fingerprint density at radius 2 is 1.58 bits per heavy atom. The molecule has 0 fully saturated rings. The van der Waals surface area contributed by atoms with Crippen LogP contribution in [0.15, 0.2) is 36.4 Å². The van der Waals surface area contributed by atoms with Crippen LogP contribution in [0.25, 0.3) is 11.1 Å². The molecule has 0 unspecified atom stereocenters. The maximum absolute atomic E-state index is 11.6. The van der Waals surface area contributed by atoms with Gasteiger partial charge in [-0.15, -0.1) is 5.54 Å². The zero-order valence-electron chi connectivity index (χ0n) is 16.1. The summed E-state index contributed by atoms with van der Waals surface area (Å²) in [6.45, 7) is 6.58. The minimum absolute atomic E-state index is 0.359. The smallest absolute Gasteiger partial charge is 0.337 e. The Balaban J connectivity index is 2.63. The number of esters is 1. The van der Waals surface area contributed by atoms with E-state index in [1.807, 2.05) is 24.3 Å². The van der Waals surface area contributed by atoms with Crippen LogP contribution < -0.4 is 9.47 Å². The molecule has 136 valence electrons. The fourth-order valence-electron chi connectivity index (χ4n) is 2.45. The van der Waals surface area contributed by atoms with Gasteiger partial charge >= 0.3 is 5.97 Å². The van der Waals surface area contributed by atoms with Crippen molar-refractivity contribution in [2.75, 3.05) is 21.3 Å². The van der Waals surface area contributed by atoms with Gasteiger partial charge in [0, 0.05) is 5.56 Å². The average Bonchev–Trinajstić information content (AvgIpc) is 2.64. The molecular formula is C21H24O4Si. The van der Waals surface area contributed by atoms with Gasteiger partial charge in [0.2, 0.25) is 0 Å². The number of carbonyl (C=O) groups is 1. The Hall–Kier alpha value is -2.71. The fraction of sp³-hybridized carbons (Fsp3) is 0.286. The number of hydrogen-bond acceptors (Lipinski definition) is 4. The zero-order valence-corrected chi connectivity index (χ0v) is 17.1. The van der Waals surface area contributed by atoms with Crippen LogP contribution in [-0.2, 0) is 4.74 Å². The van der Waals surface area contributed by atoms with Crippen LogP contribution in [-0.4, -0.2) is 35.4 Å². The van der Waals surface area contributed by atoms with Gasteiger partial charge in [-0.05, 0) is 29.8 Å². The van der Waals surface area contributed by atoms with Crippen LogP contribution in [0.1, 0.15) is 15.9 Å². The summed E-state index contributed by atoms with van der Waals surface area (Å²) in [5.41, 5.74) is 6.57. The van der Waals surface area contributed by atoms with E-state index in [9.17, 15) is 4.79 Å². The molecule has 0 saturated carbocycles. The van der Waals surface area contributed by atoms with Crippen molar-refractivity contribution >= 4 is 14.0 Å². The normalized spacial score (nSPS) is 10.5. The van der Waals surface area contributed by atoms with Crippen LogP contribution in [0.4, 0.5) is 0 Å². The van der Waals surface area contributed by atoms with Gasteiger partial charge in [-0.25, -0.2) is 4.79 Å². The third-order valence-corrected chi connectivity index (χ3v) is 4.60. The molecule has 26 heavy (non-hydrogen) atoms. The molecule has 0 amide bonds. The molecule has 2 aromatic rings.